The first-order valence-electron chi connectivity index (χ1n) is 24.2. The second-order valence-corrected chi connectivity index (χ2v) is 50.8. The van der Waals surface area contributed by atoms with E-state index in [2.05, 4.69) is 246 Å². The summed E-state index contributed by atoms with van der Waals surface area (Å²) in [5.74, 6) is 0. The Morgan fingerprint density at radius 3 is 1.30 bits per heavy atom. The fraction of sp³-hybridized carbons (Fsp3) is 0.731. The Kier molecular flexibility index (Phi) is 19.1. The van der Waals surface area contributed by atoms with E-state index in [9.17, 15) is 0 Å². The van der Waals surface area contributed by atoms with Crippen molar-refractivity contribution in [2.24, 2.45) is 0 Å². The number of hydrogen-bond acceptors (Lipinski definition) is 6. The van der Waals surface area contributed by atoms with E-state index in [0.717, 1.165) is 16.4 Å². The lowest BCUT2D eigenvalue weighted by Crippen LogP contribution is -2.70. The number of halogens is 1. The molecule has 12 heteroatoms. The van der Waals surface area contributed by atoms with Crippen molar-refractivity contribution in [3.8, 4) is 0 Å². The fourth-order valence-electron chi connectivity index (χ4n) is 7.67. The molecule has 1 aliphatic rings. The third-order valence-electron chi connectivity index (χ3n) is 15.8. The molecule has 64 heavy (non-hydrogen) atoms. The summed E-state index contributed by atoms with van der Waals surface area (Å²) < 4.78 is 47.9. The number of benzene rings is 2. The maximum Gasteiger partial charge on any atom is 0.261 e. The molecular formula is C52H95IO6Si5. The van der Waals surface area contributed by atoms with E-state index in [0.29, 0.717) is 13.0 Å². The quantitative estimate of drug-likeness (QED) is 0.110. The zero-order valence-electron chi connectivity index (χ0n) is 45.1. The zero-order valence-corrected chi connectivity index (χ0v) is 52.3. The van der Waals surface area contributed by atoms with Gasteiger partial charge in [-0.3, -0.25) is 0 Å². The summed E-state index contributed by atoms with van der Waals surface area (Å²) in [4.78, 5) is 0. The standard InChI is InChI=1S/C52H95IO6Si5/c1-39(53)35-36-43(56-60(17,18)48(2,3)4)44-46(58-62(21,22)50(8,9)10)47(59-63(23,24)51(11,12)13)45(57-61(19,20)49(5,6)7)42(55-44)37-38-54-64(52(14,15)16,40-31-27-25-28-32-40)41-33-29-26-30-34-41/h25-34,42-47H,1,35-38H2,2-24H3/t42-,43-,44-,45-,46-,47-/m1/s1. The maximum absolute atomic E-state index is 7.92. The van der Waals surface area contributed by atoms with Gasteiger partial charge in [-0.05, 0) is 133 Å². The van der Waals surface area contributed by atoms with E-state index in [1.165, 1.54) is 10.4 Å². The smallest absolute Gasteiger partial charge is 0.261 e. The van der Waals surface area contributed by atoms with Crippen LogP contribution in [0.3, 0.4) is 0 Å². The molecule has 1 saturated heterocycles. The third-order valence-corrected chi connectivity index (χ3v) is 39.3. The Morgan fingerprint density at radius 2 is 0.938 bits per heavy atom. The van der Waals surface area contributed by atoms with Crippen LogP contribution in [0.25, 0.3) is 0 Å². The van der Waals surface area contributed by atoms with Crippen molar-refractivity contribution >= 4 is 74.6 Å². The van der Waals surface area contributed by atoms with Crippen LogP contribution in [0.2, 0.25) is 77.6 Å². The van der Waals surface area contributed by atoms with E-state index in [1.807, 2.05) is 0 Å². The van der Waals surface area contributed by atoms with E-state index in [4.69, 9.17) is 26.9 Å². The molecule has 0 unspecified atom stereocenters. The molecule has 0 N–H and O–H groups in total. The summed E-state index contributed by atoms with van der Waals surface area (Å²) in [7, 11) is -12.5. The predicted octanol–water partition coefficient (Wildman–Crippen LogP) is 15.0. The normalized spacial score (nSPS) is 22.1. The number of ether oxygens (including phenoxy) is 1. The third kappa shape index (κ3) is 13.7. The van der Waals surface area contributed by atoms with Crippen molar-refractivity contribution in [1.29, 1.82) is 0 Å². The van der Waals surface area contributed by atoms with Gasteiger partial charge in [0.15, 0.2) is 33.3 Å². The lowest BCUT2D eigenvalue weighted by Gasteiger charge is -2.56. The molecule has 6 atom stereocenters. The summed E-state index contributed by atoms with van der Waals surface area (Å²) in [6, 6.07) is 21.9. The largest absolute Gasteiger partial charge is 0.411 e. The summed E-state index contributed by atoms with van der Waals surface area (Å²) in [5, 5.41) is 2.21. The Morgan fingerprint density at radius 1 is 0.562 bits per heavy atom. The lowest BCUT2D eigenvalue weighted by molar-refractivity contribution is -0.232. The van der Waals surface area contributed by atoms with Gasteiger partial charge in [0.05, 0.1) is 18.3 Å². The van der Waals surface area contributed by atoms with Crippen LogP contribution in [0.4, 0.5) is 0 Å². The summed E-state index contributed by atoms with van der Waals surface area (Å²) >= 11 is 2.39. The van der Waals surface area contributed by atoms with Gasteiger partial charge in [0.2, 0.25) is 0 Å². The molecule has 0 aromatic heterocycles. The van der Waals surface area contributed by atoms with Crippen molar-refractivity contribution < 1.29 is 26.9 Å². The van der Waals surface area contributed by atoms with Crippen LogP contribution in [-0.2, 0) is 26.9 Å². The molecule has 0 saturated carbocycles. The molecule has 6 nitrogen and oxygen atoms in total. The van der Waals surface area contributed by atoms with Gasteiger partial charge in [-0.25, -0.2) is 0 Å². The average Bonchev–Trinajstić information content (AvgIpc) is 3.12. The maximum atomic E-state index is 7.92. The molecule has 1 aliphatic heterocycles. The van der Waals surface area contributed by atoms with Crippen molar-refractivity contribution in [3.05, 3.63) is 70.8 Å². The highest BCUT2D eigenvalue weighted by atomic mass is 127. The summed E-state index contributed by atoms with van der Waals surface area (Å²) in [6.45, 7) is 58.9. The highest BCUT2D eigenvalue weighted by Gasteiger charge is 2.59. The van der Waals surface area contributed by atoms with Crippen LogP contribution in [0.5, 0.6) is 0 Å². The summed E-state index contributed by atoms with van der Waals surface area (Å²) in [6.07, 6.45) is 0.0264. The van der Waals surface area contributed by atoms with Gasteiger partial charge in [-0.15, -0.1) is 0 Å². The second-order valence-electron chi connectivity index (χ2n) is 25.9. The van der Waals surface area contributed by atoms with Gasteiger partial charge in [0.25, 0.3) is 8.32 Å². The molecule has 0 spiro atoms. The first kappa shape index (κ1) is 58.1. The fourth-order valence-corrected chi connectivity index (χ4v) is 17.8. The number of rotatable bonds is 18. The van der Waals surface area contributed by atoms with Crippen molar-refractivity contribution in [3.63, 3.8) is 0 Å². The minimum absolute atomic E-state index is 0.00884. The van der Waals surface area contributed by atoms with E-state index >= 15 is 0 Å². The Balaban J connectivity index is 2.45. The molecule has 0 bridgehead atoms. The average molecular weight is 1080 g/mol. The Hall–Kier alpha value is -0.246. The van der Waals surface area contributed by atoms with E-state index in [1.54, 1.807) is 0 Å². The first-order chi connectivity index (χ1) is 28.7. The minimum atomic E-state index is -2.86. The van der Waals surface area contributed by atoms with Gasteiger partial charge in [-0.1, -0.05) is 171 Å². The Labute approximate surface area is 413 Å². The molecule has 366 valence electrons. The van der Waals surface area contributed by atoms with Gasteiger partial charge in [-0.2, -0.15) is 0 Å². The van der Waals surface area contributed by atoms with Crippen LogP contribution < -0.4 is 10.4 Å². The zero-order chi connectivity index (χ0) is 49.3. The molecular weight excluding hydrogens is 988 g/mol. The molecule has 1 fully saturated rings. The monoisotopic (exact) mass is 1080 g/mol. The molecule has 1 heterocycles. The molecule has 0 aliphatic carbocycles. The van der Waals surface area contributed by atoms with Crippen LogP contribution in [-0.4, -0.2) is 84.8 Å². The minimum Gasteiger partial charge on any atom is -0.411 e. The molecule has 2 aromatic rings. The first-order valence-corrected chi connectivity index (χ1v) is 38.8. The van der Waals surface area contributed by atoms with Gasteiger partial charge in [0.1, 0.15) is 18.3 Å². The van der Waals surface area contributed by atoms with Crippen LogP contribution in [0.15, 0.2) is 70.8 Å². The molecule has 3 rings (SSSR count). The second kappa shape index (κ2) is 21.0. The number of hydrogen-bond donors (Lipinski definition) is 0. The van der Waals surface area contributed by atoms with Crippen molar-refractivity contribution in [2.45, 2.75) is 237 Å². The molecule has 2 aromatic carbocycles. The highest BCUT2D eigenvalue weighted by molar-refractivity contribution is 14.1. The molecule has 0 amide bonds. The van der Waals surface area contributed by atoms with Crippen molar-refractivity contribution in [1.82, 2.24) is 0 Å². The lowest BCUT2D eigenvalue weighted by atomic mass is 9.90. The van der Waals surface area contributed by atoms with E-state index < -0.39 is 66.0 Å². The van der Waals surface area contributed by atoms with Crippen LogP contribution in [0.1, 0.15) is 123 Å². The van der Waals surface area contributed by atoms with Crippen LogP contribution in [0, 0.1) is 0 Å². The highest BCUT2D eigenvalue weighted by Crippen LogP contribution is 2.48. The number of allylic oxidation sites excluding steroid dienone is 1. The molecule has 0 radical (unpaired) electrons. The summed E-state index contributed by atoms with van der Waals surface area (Å²) in [5.41, 5.74) is 0. The van der Waals surface area contributed by atoms with Gasteiger partial charge < -0.3 is 26.9 Å². The van der Waals surface area contributed by atoms with Gasteiger partial charge in [0, 0.05) is 6.61 Å². The van der Waals surface area contributed by atoms with Crippen LogP contribution >= 0.6 is 22.6 Å². The van der Waals surface area contributed by atoms with E-state index in [-0.39, 0.29) is 37.4 Å². The topological polar surface area (TPSA) is 55.4 Å². The SMILES string of the molecule is C=C(I)CC[C@@H](O[Si](C)(C)C(C)(C)C)[C@H]1O[C@H](CCO[Si](c2ccccc2)(c2ccccc2)C(C)(C)C)[C@@H](O[Si](C)(C)C(C)(C)C)[C@@H](O[Si](C)(C)C(C)(C)C)[C@@H]1O[Si](C)(C)C(C)(C)C. The van der Waals surface area contributed by atoms with Crippen molar-refractivity contribution in [2.75, 3.05) is 6.61 Å². The van der Waals surface area contributed by atoms with Gasteiger partial charge >= 0.3 is 0 Å². The Bertz CT molecular complexity index is 1750. The predicted molar refractivity (Wildman–Crippen MR) is 298 cm³/mol.